The van der Waals surface area contributed by atoms with Gasteiger partial charge in [0, 0.05) is 43.6 Å². The van der Waals surface area contributed by atoms with Crippen LogP contribution in [0.2, 0.25) is 0 Å². The van der Waals surface area contributed by atoms with Gasteiger partial charge >= 0.3 is 0 Å². The zero-order chi connectivity index (χ0) is 17.6. The molecule has 4 heteroatoms. The second-order valence-corrected chi connectivity index (χ2v) is 7.07. The monoisotopic (exact) mass is 337 g/mol. The molecular weight excluding hydrogens is 310 g/mol. The second kappa shape index (κ2) is 8.26. The van der Waals surface area contributed by atoms with Crippen LogP contribution in [0.3, 0.4) is 0 Å². The van der Waals surface area contributed by atoms with E-state index in [0.29, 0.717) is 0 Å². The van der Waals surface area contributed by atoms with E-state index >= 15 is 0 Å². The summed E-state index contributed by atoms with van der Waals surface area (Å²) in [5, 5.41) is 3.21. The summed E-state index contributed by atoms with van der Waals surface area (Å²) in [6, 6.07) is 10.5. The van der Waals surface area contributed by atoms with Crippen molar-refractivity contribution in [3.05, 3.63) is 65.0 Å². The van der Waals surface area contributed by atoms with E-state index in [2.05, 4.69) is 33.4 Å². The number of aromatic nitrogens is 1. The number of benzene rings is 1. The van der Waals surface area contributed by atoms with Gasteiger partial charge in [-0.1, -0.05) is 17.2 Å². The van der Waals surface area contributed by atoms with Crippen molar-refractivity contribution in [3.8, 4) is 0 Å². The lowest BCUT2D eigenvalue weighted by molar-refractivity contribution is 0.0911. The van der Waals surface area contributed by atoms with Gasteiger partial charge in [0.15, 0.2) is 0 Å². The first kappa shape index (κ1) is 17.6. The Morgan fingerprint density at radius 3 is 2.40 bits per heavy atom. The van der Waals surface area contributed by atoms with Crippen LogP contribution in [0.25, 0.3) is 0 Å². The summed E-state index contributed by atoms with van der Waals surface area (Å²) in [5.41, 5.74) is 4.38. The molecule has 0 bridgehead atoms. The molecule has 0 radical (unpaired) electrons. The number of hydrogen-bond donors (Lipinski definition) is 1. The average Bonchev–Trinajstić information content (AvgIpc) is 2.61. The first-order valence-electron chi connectivity index (χ1n) is 9.10. The summed E-state index contributed by atoms with van der Waals surface area (Å²) in [4.78, 5) is 19.0. The van der Waals surface area contributed by atoms with Crippen LogP contribution in [-0.2, 0) is 6.42 Å². The molecule has 0 saturated carbocycles. The summed E-state index contributed by atoms with van der Waals surface area (Å²) in [7, 11) is 0. The number of piperidine rings is 1. The third-order valence-electron chi connectivity index (χ3n) is 4.87. The maximum atomic E-state index is 12.5. The predicted molar refractivity (Wildman–Crippen MR) is 101 cm³/mol. The highest BCUT2D eigenvalue weighted by Crippen LogP contribution is 2.14. The van der Waals surface area contributed by atoms with Crippen molar-refractivity contribution >= 4 is 5.91 Å². The van der Waals surface area contributed by atoms with Gasteiger partial charge in [-0.2, -0.15) is 0 Å². The first-order chi connectivity index (χ1) is 12.1. The number of nitrogens with one attached hydrogen (secondary N) is 1. The number of rotatable bonds is 5. The largest absolute Gasteiger partial charge is 0.349 e. The maximum Gasteiger partial charge on any atom is 0.251 e. The van der Waals surface area contributed by atoms with Crippen LogP contribution in [0, 0.1) is 13.8 Å². The molecule has 0 atom stereocenters. The Bertz CT molecular complexity index is 686. The molecule has 25 heavy (non-hydrogen) atoms. The molecular formula is C21H27N3O. The topological polar surface area (TPSA) is 45.2 Å². The minimum Gasteiger partial charge on any atom is -0.349 e. The molecule has 1 N–H and O–H groups in total. The van der Waals surface area contributed by atoms with E-state index in [0.717, 1.165) is 55.6 Å². The van der Waals surface area contributed by atoms with Crippen LogP contribution in [0.5, 0.6) is 0 Å². The molecule has 132 valence electrons. The van der Waals surface area contributed by atoms with E-state index in [-0.39, 0.29) is 11.9 Å². The van der Waals surface area contributed by atoms with E-state index in [4.69, 9.17) is 0 Å². The third-order valence-corrected chi connectivity index (χ3v) is 4.87. The van der Waals surface area contributed by atoms with Crippen molar-refractivity contribution in [2.75, 3.05) is 19.6 Å². The van der Waals surface area contributed by atoms with Crippen molar-refractivity contribution in [2.45, 2.75) is 39.2 Å². The van der Waals surface area contributed by atoms with Gasteiger partial charge in [-0.15, -0.1) is 0 Å². The predicted octanol–water partition coefficient (Wildman–Crippen LogP) is 3.14. The number of aryl methyl sites for hydroxylation is 2. The molecule has 0 aliphatic carbocycles. The van der Waals surface area contributed by atoms with Gasteiger partial charge in [-0.05, 0) is 62.9 Å². The molecule has 0 unspecified atom stereocenters. The number of likely N-dealkylation sites (tertiary alicyclic amines) is 1. The van der Waals surface area contributed by atoms with Crippen molar-refractivity contribution in [2.24, 2.45) is 0 Å². The van der Waals surface area contributed by atoms with Gasteiger partial charge in [0.25, 0.3) is 5.91 Å². The molecule has 4 nitrogen and oxygen atoms in total. The SMILES string of the molecule is Cc1cc(C)cc(C(=O)NC2CCN(CCc3ccncc3)CC2)c1. The zero-order valence-electron chi connectivity index (χ0n) is 15.2. The van der Waals surface area contributed by atoms with Crippen molar-refractivity contribution in [3.63, 3.8) is 0 Å². The lowest BCUT2D eigenvalue weighted by atomic mass is 10.0. The number of amides is 1. The second-order valence-electron chi connectivity index (χ2n) is 7.07. The standard InChI is InChI=1S/C21H27N3O/c1-16-13-17(2)15-19(14-16)21(25)23-20-6-11-24(12-7-20)10-5-18-3-8-22-9-4-18/h3-4,8-9,13-15,20H,5-7,10-12H2,1-2H3,(H,23,25). The Kier molecular flexibility index (Phi) is 5.82. The number of nitrogens with zero attached hydrogens (tertiary/aromatic N) is 2. The Morgan fingerprint density at radius 2 is 1.76 bits per heavy atom. The highest BCUT2D eigenvalue weighted by Gasteiger charge is 2.21. The summed E-state index contributed by atoms with van der Waals surface area (Å²) in [6.45, 7) is 7.23. The lowest BCUT2D eigenvalue weighted by Crippen LogP contribution is -2.45. The van der Waals surface area contributed by atoms with E-state index in [9.17, 15) is 4.79 Å². The Labute approximate surface area is 150 Å². The molecule has 1 aliphatic heterocycles. The van der Waals surface area contributed by atoms with Crippen LogP contribution in [-0.4, -0.2) is 41.5 Å². The fraction of sp³-hybridized carbons (Fsp3) is 0.429. The van der Waals surface area contributed by atoms with E-state index in [1.165, 1.54) is 5.56 Å². The number of carbonyl (C=O) groups excluding carboxylic acids is 1. The zero-order valence-corrected chi connectivity index (χ0v) is 15.2. The molecule has 2 aromatic rings. The van der Waals surface area contributed by atoms with Crippen molar-refractivity contribution in [1.29, 1.82) is 0 Å². The van der Waals surface area contributed by atoms with Gasteiger partial charge in [-0.3, -0.25) is 9.78 Å². The molecule has 1 aliphatic rings. The summed E-state index contributed by atoms with van der Waals surface area (Å²) >= 11 is 0. The van der Waals surface area contributed by atoms with Gasteiger partial charge in [0.05, 0.1) is 0 Å². The van der Waals surface area contributed by atoms with Crippen LogP contribution in [0.15, 0.2) is 42.7 Å². The lowest BCUT2D eigenvalue weighted by Gasteiger charge is -2.32. The van der Waals surface area contributed by atoms with Crippen LogP contribution in [0.4, 0.5) is 0 Å². The van der Waals surface area contributed by atoms with Crippen molar-refractivity contribution < 1.29 is 4.79 Å². The molecule has 1 fully saturated rings. The van der Waals surface area contributed by atoms with Gasteiger partial charge in [-0.25, -0.2) is 0 Å². The molecule has 1 aromatic carbocycles. The summed E-state index contributed by atoms with van der Waals surface area (Å²) < 4.78 is 0. The molecule has 1 saturated heterocycles. The summed E-state index contributed by atoms with van der Waals surface area (Å²) in [6.07, 6.45) is 6.80. The fourth-order valence-corrected chi connectivity index (χ4v) is 3.51. The normalized spacial score (nSPS) is 15.9. The van der Waals surface area contributed by atoms with E-state index in [1.54, 1.807) is 0 Å². The molecule has 1 aromatic heterocycles. The van der Waals surface area contributed by atoms with Gasteiger partial charge in [0.1, 0.15) is 0 Å². The summed E-state index contributed by atoms with van der Waals surface area (Å²) in [5.74, 6) is 0.0574. The van der Waals surface area contributed by atoms with Crippen LogP contribution >= 0.6 is 0 Å². The first-order valence-corrected chi connectivity index (χ1v) is 9.10. The minimum atomic E-state index is 0.0574. The number of hydrogen-bond acceptors (Lipinski definition) is 3. The molecule has 1 amide bonds. The third kappa shape index (κ3) is 5.13. The number of carbonyl (C=O) groups is 1. The van der Waals surface area contributed by atoms with E-state index < -0.39 is 0 Å². The molecule has 2 heterocycles. The quantitative estimate of drug-likeness (QED) is 0.912. The Morgan fingerprint density at radius 1 is 1.12 bits per heavy atom. The highest BCUT2D eigenvalue weighted by molar-refractivity contribution is 5.94. The maximum absolute atomic E-state index is 12.5. The average molecular weight is 337 g/mol. The molecule has 0 spiro atoms. The Balaban J connectivity index is 1.45. The molecule has 3 rings (SSSR count). The number of pyridine rings is 1. The highest BCUT2D eigenvalue weighted by atomic mass is 16.1. The van der Waals surface area contributed by atoms with Crippen LogP contribution in [0.1, 0.15) is 39.9 Å². The minimum absolute atomic E-state index is 0.0574. The van der Waals surface area contributed by atoms with E-state index in [1.807, 2.05) is 38.4 Å². The smallest absolute Gasteiger partial charge is 0.251 e. The van der Waals surface area contributed by atoms with Gasteiger partial charge < -0.3 is 10.2 Å². The van der Waals surface area contributed by atoms with Crippen LogP contribution < -0.4 is 5.32 Å². The Hall–Kier alpha value is -2.20. The van der Waals surface area contributed by atoms with Crippen molar-refractivity contribution in [1.82, 2.24) is 15.2 Å². The van der Waals surface area contributed by atoms with Gasteiger partial charge in [0.2, 0.25) is 0 Å². The fourth-order valence-electron chi connectivity index (χ4n) is 3.51.